The van der Waals surface area contributed by atoms with Gasteiger partial charge in [0, 0.05) is 24.2 Å². The van der Waals surface area contributed by atoms with E-state index in [0.29, 0.717) is 19.3 Å². The summed E-state index contributed by atoms with van der Waals surface area (Å²) in [6.07, 6.45) is 1.56. The summed E-state index contributed by atoms with van der Waals surface area (Å²) < 4.78 is 0. The van der Waals surface area contributed by atoms with E-state index in [1.54, 1.807) is 0 Å². The van der Waals surface area contributed by atoms with E-state index >= 15 is 0 Å². The van der Waals surface area contributed by atoms with Crippen molar-refractivity contribution in [3.05, 3.63) is 0 Å². The average molecular weight is 283 g/mol. The lowest BCUT2D eigenvalue weighted by Gasteiger charge is -2.50. The molecule has 0 aromatic rings. The number of imide groups is 1. The molecule has 3 N–H and O–H groups in total. The number of rotatable bonds is 3. The van der Waals surface area contributed by atoms with Crippen LogP contribution in [0.25, 0.3) is 0 Å². The third-order valence-corrected chi connectivity index (χ3v) is 3.95. The van der Waals surface area contributed by atoms with Crippen LogP contribution in [0.1, 0.15) is 47.0 Å². The number of nitrogens with one attached hydrogen (secondary N) is 2. The summed E-state index contributed by atoms with van der Waals surface area (Å²) in [5.41, 5.74) is -1.26. The molecule has 2 saturated heterocycles. The van der Waals surface area contributed by atoms with Crippen molar-refractivity contribution in [2.75, 3.05) is 13.2 Å². The largest absolute Gasteiger partial charge is 0.396 e. The van der Waals surface area contributed by atoms with Gasteiger partial charge in [0.15, 0.2) is 0 Å². The van der Waals surface area contributed by atoms with E-state index in [4.69, 9.17) is 5.11 Å². The zero-order chi connectivity index (χ0) is 15.2. The second-order valence-electron chi connectivity index (χ2n) is 7.29. The van der Waals surface area contributed by atoms with Crippen LogP contribution in [0.15, 0.2) is 0 Å². The summed E-state index contributed by atoms with van der Waals surface area (Å²) in [4.78, 5) is 26.0. The van der Waals surface area contributed by atoms with Crippen molar-refractivity contribution in [3.8, 4) is 0 Å². The number of urea groups is 1. The van der Waals surface area contributed by atoms with Gasteiger partial charge in [-0.2, -0.15) is 0 Å². The van der Waals surface area contributed by atoms with Crippen molar-refractivity contribution < 1.29 is 14.7 Å². The van der Waals surface area contributed by atoms with E-state index in [9.17, 15) is 9.59 Å². The Kier molecular flexibility index (Phi) is 3.59. The normalized spacial score (nSPS) is 26.9. The van der Waals surface area contributed by atoms with Crippen LogP contribution >= 0.6 is 0 Å². The Bertz CT molecular complexity index is 415. The number of carbonyl (C=O) groups excluding carboxylic acids is 2. The van der Waals surface area contributed by atoms with E-state index in [-0.39, 0.29) is 36.2 Å². The molecule has 3 amide bonds. The van der Waals surface area contributed by atoms with Crippen molar-refractivity contribution in [1.29, 1.82) is 0 Å². The molecule has 2 aliphatic rings. The number of hydrogen-bond acceptors (Lipinski definition) is 4. The fourth-order valence-electron chi connectivity index (χ4n) is 3.92. The fraction of sp³-hybridized carbons (Fsp3) is 0.857. The molecule has 2 rings (SSSR count). The molecule has 0 bridgehead atoms. The van der Waals surface area contributed by atoms with Crippen molar-refractivity contribution in [2.45, 2.75) is 63.6 Å². The standard InChI is InChI=1S/C14H25N3O3/c1-12(2)8-14(9-13(3,4)16-12)10(19)17(6-5-7-18)11(20)15-14/h16,18H,5-9H2,1-4H3,(H,15,20). The lowest BCUT2D eigenvalue weighted by molar-refractivity contribution is -0.134. The number of carbonyl (C=O) groups is 2. The van der Waals surface area contributed by atoms with E-state index < -0.39 is 5.54 Å². The summed E-state index contributed by atoms with van der Waals surface area (Å²) in [5.74, 6) is -0.154. The maximum Gasteiger partial charge on any atom is 0.325 e. The zero-order valence-electron chi connectivity index (χ0n) is 12.7. The summed E-state index contributed by atoms with van der Waals surface area (Å²) >= 11 is 0. The third-order valence-electron chi connectivity index (χ3n) is 3.95. The molecule has 0 aromatic carbocycles. The Morgan fingerprint density at radius 3 is 2.20 bits per heavy atom. The molecule has 0 unspecified atom stereocenters. The number of amides is 3. The van der Waals surface area contributed by atoms with Gasteiger partial charge < -0.3 is 15.7 Å². The number of piperidine rings is 1. The maximum absolute atomic E-state index is 12.7. The van der Waals surface area contributed by atoms with Gasteiger partial charge in [0.05, 0.1) is 0 Å². The molecule has 0 atom stereocenters. The first-order chi connectivity index (χ1) is 9.11. The van der Waals surface area contributed by atoms with Gasteiger partial charge in [-0.15, -0.1) is 0 Å². The molecule has 6 heteroatoms. The molecule has 2 fully saturated rings. The molecule has 2 heterocycles. The second kappa shape index (κ2) is 4.70. The lowest BCUT2D eigenvalue weighted by atomic mass is 9.71. The van der Waals surface area contributed by atoms with Crippen LogP contribution in [0.3, 0.4) is 0 Å². The third kappa shape index (κ3) is 2.67. The van der Waals surface area contributed by atoms with Crippen LogP contribution in [0.5, 0.6) is 0 Å². The Balaban J connectivity index is 2.27. The average Bonchev–Trinajstić information content (AvgIpc) is 2.43. The summed E-state index contributed by atoms with van der Waals surface area (Å²) in [5, 5.41) is 15.3. The minimum absolute atomic E-state index is 0.0252. The maximum atomic E-state index is 12.7. The molecule has 20 heavy (non-hydrogen) atoms. The highest BCUT2D eigenvalue weighted by molar-refractivity contribution is 6.07. The molecular weight excluding hydrogens is 258 g/mol. The highest BCUT2D eigenvalue weighted by Crippen LogP contribution is 2.39. The van der Waals surface area contributed by atoms with Crippen molar-refractivity contribution >= 4 is 11.9 Å². The molecular formula is C14H25N3O3. The van der Waals surface area contributed by atoms with Crippen molar-refractivity contribution in [1.82, 2.24) is 15.5 Å². The van der Waals surface area contributed by atoms with Crippen LogP contribution in [-0.4, -0.2) is 51.7 Å². The minimum atomic E-state index is -0.815. The predicted molar refractivity (Wildman–Crippen MR) is 75.2 cm³/mol. The number of aliphatic hydroxyl groups excluding tert-OH is 1. The van der Waals surface area contributed by atoms with Crippen LogP contribution in [-0.2, 0) is 4.79 Å². The monoisotopic (exact) mass is 283 g/mol. The van der Waals surface area contributed by atoms with E-state index in [1.165, 1.54) is 4.90 Å². The van der Waals surface area contributed by atoms with Crippen molar-refractivity contribution in [3.63, 3.8) is 0 Å². The van der Waals surface area contributed by atoms with Gasteiger partial charge in [-0.25, -0.2) is 4.79 Å². The van der Waals surface area contributed by atoms with Crippen LogP contribution in [0, 0.1) is 0 Å². The summed E-state index contributed by atoms with van der Waals surface area (Å²) in [6.45, 7) is 8.44. The smallest absolute Gasteiger partial charge is 0.325 e. The Morgan fingerprint density at radius 1 is 1.15 bits per heavy atom. The first-order valence-electron chi connectivity index (χ1n) is 7.15. The quantitative estimate of drug-likeness (QED) is 0.663. The molecule has 6 nitrogen and oxygen atoms in total. The predicted octanol–water partition coefficient (Wildman–Crippen LogP) is 0.600. The second-order valence-corrected chi connectivity index (χ2v) is 7.29. The molecule has 114 valence electrons. The number of aliphatic hydroxyl groups is 1. The Hall–Kier alpha value is -1.14. The van der Waals surface area contributed by atoms with Gasteiger partial charge in [-0.05, 0) is 47.0 Å². The Labute approximate surface area is 119 Å². The number of nitrogens with zero attached hydrogens (tertiary/aromatic N) is 1. The van der Waals surface area contributed by atoms with Crippen LogP contribution < -0.4 is 10.6 Å². The zero-order valence-corrected chi connectivity index (χ0v) is 12.7. The van der Waals surface area contributed by atoms with Crippen molar-refractivity contribution in [2.24, 2.45) is 0 Å². The summed E-state index contributed by atoms with van der Waals surface area (Å²) in [6, 6.07) is -0.336. The highest BCUT2D eigenvalue weighted by atomic mass is 16.3. The lowest BCUT2D eigenvalue weighted by Crippen LogP contribution is -2.68. The number of hydrogen-bond donors (Lipinski definition) is 3. The Morgan fingerprint density at radius 2 is 1.70 bits per heavy atom. The molecule has 0 aliphatic carbocycles. The first-order valence-corrected chi connectivity index (χ1v) is 7.15. The molecule has 0 saturated carbocycles. The van der Waals surface area contributed by atoms with Gasteiger partial charge >= 0.3 is 6.03 Å². The van der Waals surface area contributed by atoms with Gasteiger partial charge in [0.1, 0.15) is 5.54 Å². The SMILES string of the molecule is CC1(C)CC2(CC(C)(C)N1)NC(=O)N(CCCO)C2=O. The van der Waals surface area contributed by atoms with E-state index in [1.807, 2.05) is 27.7 Å². The fourth-order valence-corrected chi connectivity index (χ4v) is 3.92. The highest BCUT2D eigenvalue weighted by Gasteiger charge is 2.58. The molecule has 0 radical (unpaired) electrons. The minimum Gasteiger partial charge on any atom is -0.396 e. The van der Waals surface area contributed by atoms with E-state index in [2.05, 4.69) is 10.6 Å². The van der Waals surface area contributed by atoms with Gasteiger partial charge in [0.25, 0.3) is 5.91 Å². The van der Waals surface area contributed by atoms with Crippen LogP contribution in [0.4, 0.5) is 4.79 Å². The van der Waals surface area contributed by atoms with Crippen LogP contribution in [0.2, 0.25) is 0 Å². The van der Waals surface area contributed by atoms with Gasteiger partial charge in [-0.3, -0.25) is 9.69 Å². The molecule has 2 aliphatic heterocycles. The topological polar surface area (TPSA) is 81.7 Å². The van der Waals surface area contributed by atoms with Gasteiger partial charge in [0.2, 0.25) is 0 Å². The van der Waals surface area contributed by atoms with E-state index in [0.717, 1.165) is 0 Å². The first kappa shape index (κ1) is 15.3. The summed E-state index contributed by atoms with van der Waals surface area (Å²) in [7, 11) is 0. The van der Waals surface area contributed by atoms with Gasteiger partial charge in [-0.1, -0.05) is 0 Å². The molecule has 1 spiro atoms. The molecule has 0 aromatic heterocycles.